The lowest BCUT2D eigenvalue weighted by Gasteiger charge is -2.18. The fraction of sp³-hybridized carbons (Fsp3) is 0.381. The van der Waals surface area contributed by atoms with E-state index in [2.05, 4.69) is 19.1 Å². The Labute approximate surface area is 158 Å². The van der Waals surface area contributed by atoms with Crippen LogP contribution in [0.2, 0.25) is 0 Å². The van der Waals surface area contributed by atoms with E-state index in [4.69, 9.17) is 4.74 Å². The lowest BCUT2D eigenvalue weighted by molar-refractivity contribution is -0.127. The van der Waals surface area contributed by atoms with Crippen LogP contribution in [-0.2, 0) is 27.9 Å². The van der Waals surface area contributed by atoms with Crippen LogP contribution in [0.1, 0.15) is 27.8 Å². The molecule has 0 heterocycles. The fourth-order valence-electron chi connectivity index (χ4n) is 2.99. The molecule has 0 saturated heterocycles. The highest BCUT2D eigenvalue weighted by Gasteiger charge is 2.15. The first-order chi connectivity index (χ1) is 12.3. The molecule has 0 aromatic heterocycles. The quantitative estimate of drug-likeness (QED) is 0.746. The van der Waals surface area contributed by atoms with Gasteiger partial charge in [0.1, 0.15) is 11.5 Å². The van der Waals surface area contributed by atoms with Gasteiger partial charge in [-0.3, -0.25) is 9.00 Å². The second-order valence-corrected chi connectivity index (χ2v) is 8.16. The average Bonchev–Trinajstić information content (AvgIpc) is 2.58. The Morgan fingerprint density at radius 3 is 2.19 bits per heavy atom. The van der Waals surface area contributed by atoms with Crippen LogP contribution >= 0.6 is 0 Å². The summed E-state index contributed by atoms with van der Waals surface area (Å²) in [5.74, 6) is 1.13. The smallest absolute Gasteiger partial charge is 0.235 e. The number of benzene rings is 2. The minimum absolute atomic E-state index is 0.0411. The van der Waals surface area contributed by atoms with Crippen molar-refractivity contribution in [3.05, 3.63) is 64.2 Å². The maximum atomic E-state index is 12.5. The molecule has 1 atom stereocenters. The molecule has 0 radical (unpaired) electrons. The Bertz CT molecular complexity index is 776. The molecule has 2 aromatic carbocycles. The number of nitrogens with zero attached hydrogens (tertiary/aromatic N) is 1. The number of hydrogen-bond acceptors (Lipinski definition) is 3. The zero-order chi connectivity index (χ0) is 19.3. The highest BCUT2D eigenvalue weighted by atomic mass is 32.2. The summed E-state index contributed by atoms with van der Waals surface area (Å²) in [6, 6.07) is 11.8. The normalized spacial score (nSPS) is 11.9. The number of rotatable bonds is 7. The Morgan fingerprint density at radius 2 is 1.65 bits per heavy atom. The van der Waals surface area contributed by atoms with Crippen molar-refractivity contribution in [1.29, 1.82) is 0 Å². The van der Waals surface area contributed by atoms with Gasteiger partial charge in [0.2, 0.25) is 5.91 Å². The molecule has 0 fully saturated rings. The van der Waals surface area contributed by atoms with Crippen LogP contribution in [0.3, 0.4) is 0 Å². The molecule has 0 unspecified atom stereocenters. The van der Waals surface area contributed by atoms with Crippen molar-refractivity contribution in [2.75, 3.05) is 19.9 Å². The predicted molar refractivity (Wildman–Crippen MR) is 107 cm³/mol. The van der Waals surface area contributed by atoms with Gasteiger partial charge in [-0.2, -0.15) is 0 Å². The third-order valence-corrected chi connectivity index (χ3v) is 5.61. The van der Waals surface area contributed by atoms with Crippen LogP contribution in [-0.4, -0.2) is 34.9 Å². The summed E-state index contributed by atoms with van der Waals surface area (Å²) < 4.78 is 17.6. The van der Waals surface area contributed by atoms with Crippen molar-refractivity contribution in [2.24, 2.45) is 0 Å². The predicted octanol–water partition coefficient (Wildman–Crippen LogP) is 3.53. The van der Waals surface area contributed by atoms with Crippen molar-refractivity contribution in [3.63, 3.8) is 0 Å². The Kier molecular flexibility index (Phi) is 6.98. The van der Waals surface area contributed by atoms with E-state index in [1.54, 1.807) is 19.1 Å². The van der Waals surface area contributed by atoms with E-state index < -0.39 is 10.8 Å². The topological polar surface area (TPSA) is 46.6 Å². The average molecular weight is 374 g/mol. The van der Waals surface area contributed by atoms with Crippen molar-refractivity contribution < 1.29 is 13.7 Å². The summed E-state index contributed by atoms with van der Waals surface area (Å²) in [7, 11) is 2.14. The molecule has 1 amide bonds. The number of carbonyl (C=O) groups is 1. The van der Waals surface area contributed by atoms with Gasteiger partial charge in [0.05, 0.1) is 7.11 Å². The first-order valence-electron chi connectivity index (χ1n) is 8.58. The van der Waals surface area contributed by atoms with Gasteiger partial charge in [0, 0.05) is 30.1 Å². The molecule has 0 bridgehead atoms. The van der Waals surface area contributed by atoms with Crippen LogP contribution in [0, 0.1) is 20.8 Å². The minimum atomic E-state index is -1.22. The summed E-state index contributed by atoms with van der Waals surface area (Å²) in [6.07, 6.45) is 0. The molecule has 0 spiro atoms. The molecule has 2 aromatic rings. The fourth-order valence-corrected chi connectivity index (χ4v) is 4.37. The monoisotopic (exact) mass is 373 g/mol. The summed E-state index contributed by atoms with van der Waals surface area (Å²) in [4.78, 5) is 14.0. The summed E-state index contributed by atoms with van der Waals surface area (Å²) in [6.45, 7) is 6.61. The molecule has 0 saturated carbocycles. The number of carbonyl (C=O) groups excluding carboxylic acids is 1. The van der Waals surface area contributed by atoms with E-state index >= 15 is 0 Å². The summed E-state index contributed by atoms with van der Waals surface area (Å²) >= 11 is 0. The zero-order valence-electron chi connectivity index (χ0n) is 16.2. The second kappa shape index (κ2) is 8.99. The van der Waals surface area contributed by atoms with Crippen molar-refractivity contribution in [1.82, 2.24) is 4.90 Å². The van der Waals surface area contributed by atoms with E-state index in [1.807, 2.05) is 38.1 Å². The molecular weight excluding hydrogens is 346 g/mol. The van der Waals surface area contributed by atoms with Gasteiger partial charge in [-0.05, 0) is 55.2 Å². The molecule has 0 aliphatic heterocycles. The standard InChI is InChI=1S/C21H27NO3S/c1-15-10-16(2)20(17(3)11-15)13-26(24)14-21(23)22(4)12-18-6-8-19(25-5)9-7-18/h6-11H,12-14H2,1-5H3/t26-/m0/s1. The molecule has 2 rings (SSSR count). The number of methoxy groups -OCH3 is 1. The van der Waals surface area contributed by atoms with E-state index in [-0.39, 0.29) is 11.7 Å². The summed E-state index contributed by atoms with van der Waals surface area (Å²) in [5.41, 5.74) is 5.56. The molecule has 140 valence electrons. The molecule has 0 N–H and O–H groups in total. The number of amides is 1. The first kappa shape index (κ1) is 20.2. The van der Waals surface area contributed by atoms with Gasteiger partial charge < -0.3 is 9.64 Å². The molecule has 4 nitrogen and oxygen atoms in total. The van der Waals surface area contributed by atoms with Crippen LogP contribution in [0.5, 0.6) is 5.75 Å². The highest BCUT2D eigenvalue weighted by molar-refractivity contribution is 7.84. The van der Waals surface area contributed by atoms with Crippen LogP contribution in [0.4, 0.5) is 0 Å². The van der Waals surface area contributed by atoms with Gasteiger partial charge in [0.25, 0.3) is 0 Å². The van der Waals surface area contributed by atoms with Crippen molar-refractivity contribution in [3.8, 4) is 5.75 Å². The maximum absolute atomic E-state index is 12.5. The zero-order valence-corrected chi connectivity index (χ0v) is 17.0. The van der Waals surface area contributed by atoms with Crippen LogP contribution in [0.15, 0.2) is 36.4 Å². The molecular formula is C21H27NO3S. The number of ether oxygens (including phenoxy) is 1. The molecule has 0 aliphatic carbocycles. The Morgan fingerprint density at radius 1 is 1.08 bits per heavy atom. The van der Waals surface area contributed by atoms with Crippen LogP contribution in [0.25, 0.3) is 0 Å². The number of aryl methyl sites for hydroxylation is 3. The second-order valence-electron chi connectivity index (χ2n) is 6.70. The van der Waals surface area contributed by atoms with Gasteiger partial charge in [0.15, 0.2) is 0 Å². The molecule has 0 aliphatic rings. The maximum Gasteiger partial charge on any atom is 0.235 e. The van der Waals surface area contributed by atoms with E-state index in [1.165, 1.54) is 5.56 Å². The lowest BCUT2D eigenvalue weighted by atomic mass is 10.0. The van der Waals surface area contributed by atoms with Crippen molar-refractivity contribution >= 4 is 16.7 Å². The lowest BCUT2D eigenvalue weighted by Crippen LogP contribution is -2.30. The Balaban J connectivity index is 1.94. The largest absolute Gasteiger partial charge is 0.497 e. The third-order valence-electron chi connectivity index (χ3n) is 4.43. The van der Waals surface area contributed by atoms with Gasteiger partial charge in [-0.25, -0.2) is 0 Å². The van der Waals surface area contributed by atoms with E-state index in [9.17, 15) is 9.00 Å². The van der Waals surface area contributed by atoms with Gasteiger partial charge in [-0.15, -0.1) is 0 Å². The van der Waals surface area contributed by atoms with Crippen molar-refractivity contribution in [2.45, 2.75) is 33.1 Å². The number of hydrogen-bond donors (Lipinski definition) is 0. The molecule has 26 heavy (non-hydrogen) atoms. The minimum Gasteiger partial charge on any atom is -0.497 e. The SMILES string of the molecule is COc1ccc(CN(C)C(=O)C[S@@](=O)Cc2c(C)cc(C)cc2C)cc1. The van der Waals surface area contributed by atoms with Gasteiger partial charge >= 0.3 is 0 Å². The van der Waals surface area contributed by atoms with Crippen LogP contribution < -0.4 is 4.74 Å². The Hall–Kier alpha value is -2.14. The van der Waals surface area contributed by atoms with E-state index in [0.717, 1.165) is 28.0 Å². The van der Waals surface area contributed by atoms with Gasteiger partial charge in [-0.1, -0.05) is 29.8 Å². The van der Waals surface area contributed by atoms with E-state index in [0.29, 0.717) is 12.3 Å². The third kappa shape index (κ3) is 5.43. The first-order valence-corrected chi connectivity index (χ1v) is 10.1. The highest BCUT2D eigenvalue weighted by Crippen LogP contribution is 2.18. The summed E-state index contributed by atoms with van der Waals surface area (Å²) in [5, 5.41) is 0. The molecule has 5 heteroatoms.